The lowest BCUT2D eigenvalue weighted by molar-refractivity contribution is 0.340. The number of hydrogen-bond donors (Lipinski definition) is 2. The maximum Gasteiger partial charge on any atom is 0.245 e. The van der Waals surface area contributed by atoms with Crippen LogP contribution in [0, 0.1) is 20.8 Å². The van der Waals surface area contributed by atoms with Gasteiger partial charge in [-0.2, -0.15) is 4.98 Å². The molecular weight excluding hydrogens is 312 g/mol. The van der Waals surface area contributed by atoms with Crippen molar-refractivity contribution in [3.8, 4) is 11.4 Å². The highest BCUT2D eigenvalue weighted by molar-refractivity contribution is 5.54. The van der Waals surface area contributed by atoms with Gasteiger partial charge in [-0.05, 0) is 43.9 Å². The van der Waals surface area contributed by atoms with Crippen LogP contribution < -0.4 is 10.9 Å². The van der Waals surface area contributed by atoms with Gasteiger partial charge in [0.05, 0.1) is 0 Å². The fourth-order valence-corrected chi connectivity index (χ4v) is 3.11. The Morgan fingerprint density at radius 1 is 0.920 bits per heavy atom. The van der Waals surface area contributed by atoms with E-state index in [4.69, 9.17) is 4.52 Å². The van der Waals surface area contributed by atoms with Gasteiger partial charge in [0, 0.05) is 11.6 Å². The topological polar surface area (TPSA) is 63.0 Å². The molecule has 2 heterocycles. The first-order valence-electron chi connectivity index (χ1n) is 8.59. The van der Waals surface area contributed by atoms with Gasteiger partial charge >= 0.3 is 0 Å². The Labute approximate surface area is 147 Å². The third kappa shape index (κ3) is 3.21. The maximum absolute atomic E-state index is 5.50. The molecule has 4 rings (SSSR count). The number of hydrazine groups is 1. The molecule has 128 valence electrons. The second kappa shape index (κ2) is 6.43. The van der Waals surface area contributed by atoms with E-state index in [0.29, 0.717) is 11.7 Å². The standard InChI is InChI=1S/C20H22N4O/c1-12-4-7-15(8-5-12)19-21-20(25-24-19)18-11-17(22-23-18)16-9-6-13(2)14(3)10-16/h4-10,17-18,22-23H,11H2,1-3H3. The Morgan fingerprint density at radius 2 is 1.68 bits per heavy atom. The summed E-state index contributed by atoms with van der Waals surface area (Å²) in [7, 11) is 0. The SMILES string of the molecule is Cc1ccc(-c2noc(C3CC(c4ccc(C)c(C)c4)NN3)n2)cc1. The van der Waals surface area contributed by atoms with Crippen molar-refractivity contribution < 1.29 is 4.52 Å². The first-order valence-corrected chi connectivity index (χ1v) is 8.59. The van der Waals surface area contributed by atoms with Crippen molar-refractivity contribution in [1.29, 1.82) is 0 Å². The lowest BCUT2D eigenvalue weighted by atomic mass is 9.98. The quantitative estimate of drug-likeness (QED) is 0.759. The van der Waals surface area contributed by atoms with Crippen LogP contribution in [0.5, 0.6) is 0 Å². The van der Waals surface area contributed by atoms with Crippen LogP contribution in [0.1, 0.15) is 46.6 Å². The zero-order chi connectivity index (χ0) is 17.4. The van der Waals surface area contributed by atoms with E-state index < -0.39 is 0 Å². The van der Waals surface area contributed by atoms with Crippen LogP contribution >= 0.6 is 0 Å². The fourth-order valence-electron chi connectivity index (χ4n) is 3.11. The Hall–Kier alpha value is -2.50. The van der Waals surface area contributed by atoms with Crippen molar-refractivity contribution in [1.82, 2.24) is 21.0 Å². The zero-order valence-corrected chi connectivity index (χ0v) is 14.7. The molecule has 0 aliphatic carbocycles. The minimum absolute atomic E-state index is 0.0123. The summed E-state index contributed by atoms with van der Waals surface area (Å²) >= 11 is 0. The molecule has 0 spiro atoms. The molecule has 2 atom stereocenters. The lowest BCUT2D eigenvalue weighted by Gasteiger charge is -2.11. The van der Waals surface area contributed by atoms with Crippen LogP contribution in [0.15, 0.2) is 47.0 Å². The van der Waals surface area contributed by atoms with Gasteiger partial charge in [-0.1, -0.05) is 53.2 Å². The summed E-state index contributed by atoms with van der Waals surface area (Å²) in [5.74, 6) is 1.25. The van der Waals surface area contributed by atoms with Crippen LogP contribution in [0.25, 0.3) is 11.4 Å². The van der Waals surface area contributed by atoms with Gasteiger partial charge in [0.25, 0.3) is 0 Å². The predicted octanol–water partition coefficient (Wildman–Crippen LogP) is 3.94. The molecule has 5 nitrogen and oxygen atoms in total. The van der Waals surface area contributed by atoms with Gasteiger partial charge in [0.1, 0.15) is 6.04 Å². The second-order valence-electron chi connectivity index (χ2n) is 6.80. The zero-order valence-electron chi connectivity index (χ0n) is 14.7. The third-order valence-corrected chi connectivity index (χ3v) is 4.89. The van der Waals surface area contributed by atoms with Gasteiger partial charge in [-0.3, -0.25) is 0 Å². The monoisotopic (exact) mass is 334 g/mol. The minimum Gasteiger partial charge on any atom is -0.337 e. The van der Waals surface area contributed by atoms with Gasteiger partial charge in [0.2, 0.25) is 11.7 Å². The summed E-state index contributed by atoms with van der Waals surface area (Å²) < 4.78 is 5.50. The van der Waals surface area contributed by atoms with Gasteiger partial charge < -0.3 is 4.52 Å². The minimum atomic E-state index is 0.0123. The first-order chi connectivity index (χ1) is 12.1. The highest BCUT2D eigenvalue weighted by atomic mass is 16.5. The van der Waals surface area contributed by atoms with E-state index >= 15 is 0 Å². The number of aryl methyl sites for hydroxylation is 3. The van der Waals surface area contributed by atoms with Gasteiger partial charge in [-0.15, -0.1) is 0 Å². The Kier molecular flexibility index (Phi) is 4.11. The van der Waals surface area contributed by atoms with E-state index in [1.165, 1.54) is 22.3 Å². The molecule has 2 aromatic carbocycles. The molecule has 0 bridgehead atoms. The number of aromatic nitrogens is 2. The van der Waals surface area contributed by atoms with E-state index in [2.05, 4.69) is 72.1 Å². The molecule has 0 amide bonds. The van der Waals surface area contributed by atoms with Crippen LogP contribution in [0.2, 0.25) is 0 Å². The van der Waals surface area contributed by atoms with Crippen molar-refractivity contribution in [3.63, 3.8) is 0 Å². The molecule has 1 aliphatic heterocycles. The Balaban J connectivity index is 1.50. The predicted molar refractivity (Wildman–Crippen MR) is 96.8 cm³/mol. The van der Waals surface area contributed by atoms with E-state index in [1.54, 1.807) is 0 Å². The summed E-state index contributed by atoms with van der Waals surface area (Å²) in [6, 6.07) is 15.0. The summed E-state index contributed by atoms with van der Waals surface area (Å²) in [4.78, 5) is 4.57. The van der Waals surface area contributed by atoms with Crippen molar-refractivity contribution in [2.24, 2.45) is 0 Å². The van der Waals surface area contributed by atoms with Crippen LogP contribution in [-0.2, 0) is 0 Å². The summed E-state index contributed by atoms with van der Waals surface area (Å²) in [5.41, 5.74) is 12.7. The van der Waals surface area contributed by atoms with Crippen molar-refractivity contribution >= 4 is 0 Å². The molecule has 25 heavy (non-hydrogen) atoms. The van der Waals surface area contributed by atoms with Crippen LogP contribution in [-0.4, -0.2) is 10.1 Å². The van der Waals surface area contributed by atoms with E-state index in [-0.39, 0.29) is 12.1 Å². The van der Waals surface area contributed by atoms with Crippen LogP contribution in [0.3, 0.4) is 0 Å². The summed E-state index contributed by atoms with van der Waals surface area (Å²) in [6.07, 6.45) is 0.873. The van der Waals surface area contributed by atoms with Crippen molar-refractivity contribution in [2.75, 3.05) is 0 Å². The molecule has 5 heteroatoms. The second-order valence-corrected chi connectivity index (χ2v) is 6.80. The average Bonchev–Trinajstić information content (AvgIpc) is 3.27. The number of benzene rings is 2. The molecule has 1 aromatic heterocycles. The van der Waals surface area contributed by atoms with E-state index in [9.17, 15) is 0 Å². The summed E-state index contributed by atoms with van der Waals surface area (Å²) in [6.45, 7) is 6.34. The van der Waals surface area contributed by atoms with Crippen molar-refractivity contribution in [3.05, 3.63) is 70.6 Å². The number of nitrogens with zero attached hydrogens (tertiary/aromatic N) is 2. The lowest BCUT2D eigenvalue weighted by Crippen LogP contribution is -2.26. The molecule has 2 N–H and O–H groups in total. The molecule has 0 radical (unpaired) electrons. The van der Waals surface area contributed by atoms with E-state index in [0.717, 1.165) is 12.0 Å². The molecule has 1 fully saturated rings. The molecule has 0 saturated carbocycles. The average molecular weight is 334 g/mol. The Morgan fingerprint density at radius 3 is 2.44 bits per heavy atom. The first kappa shape index (κ1) is 16.0. The van der Waals surface area contributed by atoms with Crippen LogP contribution in [0.4, 0.5) is 0 Å². The van der Waals surface area contributed by atoms with Gasteiger partial charge in [-0.25, -0.2) is 10.9 Å². The molecule has 3 aromatic rings. The maximum atomic E-state index is 5.50. The van der Waals surface area contributed by atoms with Crippen molar-refractivity contribution in [2.45, 2.75) is 39.3 Å². The smallest absolute Gasteiger partial charge is 0.245 e. The largest absolute Gasteiger partial charge is 0.337 e. The highest BCUT2D eigenvalue weighted by Gasteiger charge is 2.30. The van der Waals surface area contributed by atoms with Gasteiger partial charge in [0.15, 0.2) is 0 Å². The summed E-state index contributed by atoms with van der Waals surface area (Å²) in [5, 5.41) is 4.13. The number of hydrogen-bond acceptors (Lipinski definition) is 5. The number of nitrogens with one attached hydrogen (secondary N) is 2. The molecule has 1 saturated heterocycles. The molecule has 2 unspecified atom stereocenters. The fraction of sp³-hybridized carbons (Fsp3) is 0.300. The third-order valence-electron chi connectivity index (χ3n) is 4.89. The normalized spacial score (nSPS) is 20.1. The number of rotatable bonds is 3. The molecule has 1 aliphatic rings. The Bertz CT molecular complexity index is 885. The highest BCUT2D eigenvalue weighted by Crippen LogP contribution is 2.31. The molecular formula is C20H22N4O. The van der Waals surface area contributed by atoms with E-state index in [1.807, 2.05) is 12.1 Å².